The van der Waals surface area contributed by atoms with Crippen LogP contribution in [0, 0.1) is 0 Å². The van der Waals surface area contributed by atoms with Gasteiger partial charge in [0, 0.05) is 10.5 Å². The highest BCUT2D eigenvalue weighted by molar-refractivity contribution is 8.11. The number of nitrogens with two attached hydrogens (primary N) is 2. The van der Waals surface area contributed by atoms with Crippen molar-refractivity contribution in [2.24, 2.45) is 11.5 Å². The van der Waals surface area contributed by atoms with E-state index in [1.165, 1.54) is 11.8 Å². The number of rotatable bonds is 6. The van der Waals surface area contributed by atoms with Crippen LogP contribution < -0.4 is 26.3 Å². The zero-order valence-electron chi connectivity index (χ0n) is 14.5. The molecule has 0 spiro atoms. The van der Waals surface area contributed by atoms with Gasteiger partial charge >= 0.3 is 6.03 Å². The van der Waals surface area contributed by atoms with Crippen LogP contribution in [0.15, 0.2) is 28.8 Å². The van der Waals surface area contributed by atoms with Crippen LogP contribution in [0.1, 0.15) is 24.5 Å². The predicted octanol–water partition coefficient (Wildman–Crippen LogP) is 1.90. The van der Waals surface area contributed by atoms with Crippen molar-refractivity contribution in [3.8, 4) is 11.5 Å². The molecule has 1 aromatic rings. The van der Waals surface area contributed by atoms with E-state index in [4.69, 9.17) is 20.9 Å². The maximum absolute atomic E-state index is 11.3. The number of aliphatic hydroxyl groups is 1. The normalized spacial score (nSPS) is 15.5. The molecule has 0 saturated heterocycles. The number of thioether (sulfide) groups is 1. The molecule has 0 radical (unpaired) electrons. The van der Waals surface area contributed by atoms with E-state index < -0.39 is 12.3 Å². The fourth-order valence-corrected chi connectivity index (χ4v) is 3.64. The topological polar surface area (TPSA) is 120 Å². The summed E-state index contributed by atoms with van der Waals surface area (Å²) in [6, 6.07) is 3.14. The number of primary amides is 1. The van der Waals surface area contributed by atoms with Crippen molar-refractivity contribution in [3.63, 3.8) is 0 Å². The Hall–Kier alpha value is -2.16. The number of amides is 2. The van der Waals surface area contributed by atoms with Crippen molar-refractivity contribution in [2.75, 3.05) is 14.2 Å². The molecule has 1 atom stereocenters. The lowest BCUT2D eigenvalue weighted by Crippen LogP contribution is -2.31. The lowest BCUT2D eigenvalue weighted by atomic mass is 9.96. The van der Waals surface area contributed by atoms with Crippen LogP contribution in [0.2, 0.25) is 0 Å². The molecule has 0 bridgehead atoms. The molecule has 0 heterocycles. The van der Waals surface area contributed by atoms with Gasteiger partial charge in [-0.05, 0) is 43.0 Å². The average molecular weight is 365 g/mol. The first-order valence-corrected chi connectivity index (χ1v) is 8.53. The van der Waals surface area contributed by atoms with Crippen LogP contribution in [0.3, 0.4) is 0 Å². The molecule has 8 heteroatoms. The van der Waals surface area contributed by atoms with E-state index in [0.717, 1.165) is 28.9 Å². The highest BCUT2D eigenvalue weighted by Crippen LogP contribution is 2.43. The largest absolute Gasteiger partial charge is 0.493 e. The minimum Gasteiger partial charge on any atom is -0.493 e. The highest BCUT2D eigenvalue weighted by Gasteiger charge is 2.20. The van der Waals surface area contributed by atoms with Gasteiger partial charge in [0.05, 0.1) is 19.2 Å². The Labute approximate surface area is 151 Å². The van der Waals surface area contributed by atoms with E-state index >= 15 is 0 Å². The summed E-state index contributed by atoms with van der Waals surface area (Å²) in [6.45, 7) is 1.64. The minimum atomic E-state index is -1.19. The number of methoxy groups -OCH3 is 2. The summed E-state index contributed by atoms with van der Waals surface area (Å²) in [4.78, 5) is 12.2. The molecule has 7 nitrogen and oxygen atoms in total. The van der Waals surface area contributed by atoms with Gasteiger partial charge in [-0.1, -0.05) is 17.8 Å². The number of urea groups is 1. The highest BCUT2D eigenvalue weighted by atomic mass is 32.2. The molecule has 0 fully saturated rings. The Morgan fingerprint density at radius 2 is 1.96 bits per heavy atom. The zero-order chi connectivity index (χ0) is 18.6. The lowest BCUT2D eigenvalue weighted by Gasteiger charge is -2.22. The predicted molar refractivity (Wildman–Crippen MR) is 99.0 cm³/mol. The van der Waals surface area contributed by atoms with E-state index in [1.54, 1.807) is 21.1 Å². The second kappa shape index (κ2) is 8.28. The van der Waals surface area contributed by atoms with Crippen molar-refractivity contribution in [3.05, 3.63) is 39.9 Å². The number of carbonyl (C=O) groups is 1. The number of nitrogens with one attached hydrogen (secondary N) is 1. The van der Waals surface area contributed by atoms with Crippen LogP contribution in [0.4, 0.5) is 4.79 Å². The Morgan fingerprint density at radius 1 is 1.32 bits per heavy atom. The van der Waals surface area contributed by atoms with Gasteiger partial charge in [0.25, 0.3) is 0 Å². The van der Waals surface area contributed by atoms with Crippen molar-refractivity contribution in [1.82, 2.24) is 5.32 Å². The number of hydrogen-bond acceptors (Lipinski definition) is 6. The van der Waals surface area contributed by atoms with Crippen LogP contribution in [-0.4, -0.2) is 31.6 Å². The number of allylic oxidation sites excluding steroid dienone is 1. The van der Waals surface area contributed by atoms with E-state index in [0.29, 0.717) is 22.1 Å². The van der Waals surface area contributed by atoms with Gasteiger partial charge in [-0.25, -0.2) is 4.79 Å². The maximum Gasteiger partial charge on any atom is 0.317 e. The van der Waals surface area contributed by atoms with Crippen LogP contribution in [-0.2, 0) is 6.42 Å². The molecule has 6 N–H and O–H groups in total. The maximum atomic E-state index is 11.3. The molecule has 0 aromatic heterocycles. The van der Waals surface area contributed by atoms with Gasteiger partial charge in [-0.15, -0.1) is 0 Å². The molecule has 0 aliphatic heterocycles. The quantitative estimate of drug-likeness (QED) is 0.572. The number of hydrogen-bond donors (Lipinski definition) is 4. The average Bonchev–Trinajstić information content (AvgIpc) is 2.58. The summed E-state index contributed by atoms with van der Waals surface area (Å²) in [5.41, 5.74) is 13.3. The Kier molecular flexibility index (Phi) is 6.35. The molecule has 2 rings (SSSR count). The molecule has 0 saturated carbocycles. The monoisotopic (exact) mass is 365 g/mol. The number of aliphatic hydroxyl groups excluding tert-OH is 1. The molecule has 1 unspecified atom stereocenters. The number of benzene rings is 1. The van der Waals surface area contributed by atoms with Crippen LogP contribution in [0.5, 0.6) is 11.5 Å². The Balaban J connectivity index is 2.42. The van der Waals surface area contributed by atoms with E-state index in [1.807, 2.05) is 12.1 Å². The Bertz CT molecular complexity index is 729. The van der Waals surface area contributed by atoms with Gasteiger partial charge in [0.2, 0.25) is 0 Å². The smallest absolute Gasteiger partial charge is 0.317 e. The number of fused-ring (bicyclic) bond motifs is 1. The standard InChI is InChI=1S/C17H23N3O4S/c1-9(15(18)21)16(20-17(19)22)25-14-6-4-5-10-7-12(23-2)13(24-3)8-11(10)14/h6-8,15,21H,4-5,18H2,1-3H3,(H3,19,20,22)/b16-9+. The van der Waals surface area contributed by atoms with Gasteiger partial charge in [-0.3, -0.25) is 0 Å². The van der Waals surface area contributed by atoms with Gasteiger partial charge in [0.1, 0.15) is 6.23 Å². The first-order chi connectivity index (χ1) is 11.9. The summed E-state index contributed by atoms with van der Waals surface area (Å²) >= 11 is 1.30. The molecular weight excluding hydrogens is 342 g/mol. The second-order valence-corrected chi connectivity index (χ2v) is 6.57. The van der Waals surface area contributed by atoms with Gasteiger partial charge in [-0.2, -0.15) is 0 Å². The van der Waals surface area contributed by atoms with E-state index in [-0.39, 0.29) is 0 Å². The van der Waals surface area contributed by atoms with E-state index in [2.05, 4.69) is 11.4 Å². The third-order valence-corrected chi connectivity index (χ3v) is 5.10. The van der Waals surface area contributed by atoms with Crippen molar-refractivity contribution < 1.29 is 19.4 Å². The number of carbonyl (C=O) groups excluding carboxylic acids is 1. The minimum absolute atomic E-state index is 0.413. The van der Waals surface area contributed by atoms with Crippen molar-refractivity contribution >= 4 is 22.7 Å². The summed E-state index contributed by atoms with van der Waals surface area (Å²) in [5, 5.41) is 12.6. The first kappa shape index (κ1) is 19.2. The number of aryl methyl sites for hydroxylation is 1. The van der Waals surface area contributed by atoms with Crippen molar-refractivity contribution in [1.29, 1.82) is 0 Å². The third kappa shape index (κ3) is 4.47. The third-order valence-electron chi connectivity index (χ3n) is 3.87. The molecule has 1 aliphatic rings. The van der Waals surface area contributed by atoms with E-state index in [9.17, 15) is 9.90 Å². The van der Waals surface area contributed by atoms with Gasteiger partial charge in [0.15, 0.2) is 11.5 Å². The number of ether oxygens (including phenoxy) is 2. The SMILES string of the molecule is COc1cc2c(cc1OC)C(S/C(NC(N)=O)=C(\C)C(N)O)=CCC2. The molecule has 25 heavy (non-hydrogen) atoms. The van der Waals surface area contributed by atoms with Crippen LogP contribution >= 0.6 is 11.8 Å². The van der Waals surface area contributed by atoms with Crippen LogP contribution in [0.25, 0.3) is 4.91 Å². The van der Waals surface area contributed by atoms with Gasteiger partial charge < -0.3 is 31.4 Å². The summed E-state index contributed by atoms with van der Waals surface area (Å²) in [5.74, 6) is 1.30. The molecular formula is C17H23N3O4S. The fraction of sp³-hybridized carbons (Fsp3) is 0.353. The zero-order valence-corrected chi connectivity index (χ0v) is 15.3. The molecule has 1 aliphatic carbocycles. The second-order valence-electron chi connectivity index (χ2n) is 5.52. The Morgan fingerprint density at radius 3 is 2.52 bits per heavy atom. The lowest BCUT2D eigenvalue weighted by molar-refractivity contribution is 0.218. The molecule has 1 aromatic carbocycles. The summed E-state index contributed by atoms with van der Waals surface area (Å²) in [7, 11) is 3.18. The van der Waals surface area contributed by atoms with Crippen molar-refractivity contribution in [2.45, 2.75) is 26.0 Å². The summed E-state index contributed by atoms with van der Waals surface area (Å²) in [6.07, 6.45) is 2.60. The molecule has 2 amide bonds. The summed E-state index contributed by atoms with van der Waals surface area (Å²) < 4.78 is 10.7. The molecule has 136 valence electrons. The fourth-order valence-electron chi connectivity index (χ4n) is 2.48. The first-order valence-electron chi connectivity index (χ1n) is 7.71.